The lowest BCUT2D eigenvalue weighted by Gasteiger charge is -2.25. The largest absolute Gasteiger partial charge is 0.409 e. The molecule has 0 aliphatic carbocycles. The smallest absolute Gasteiger partial charge is 0.401 e. The molecule has 0 saturated carbocycles. The standard InChI is InChI=1S/C13H26F3N3O/c1-4-8-19(10-13(14,15)16)9-6-5-7-12(2,3)11(17)18-20/h20H,4-10H2,1-3H3,(H2,17,18). The Hall–Kier alpha value is -0.980. The summed E-state index contributed by atoms with van der Waals surface area (Å²) >= 11 is 0. The van der Waals surface area contributed by atoms with E-state index in [1.54, 1.807) is 0 Å². The van der Waals surface area contributed by atoms with Gasteiger partial charge in [-0.3, -0.25) is 4.90 Å². The number of alkyl halides is 3. The number of hydrogen-bond acceptors (Lipinski definition) is 3. The fraction of sp³-hybridized carbons (Fsp3) is 0.923. The van der Waals surface area contributed by atoms with E-state index in [1.807, 2.05) is 20.8 Å². The number of hydrogen-bond donors (Lipinski definition) is 2. The van der Waals surface area contributed by atoms with Gasteiger partial charge in [0.05, 0.1) is 6.54 Å². The van der Waals surface area contributed by atoms with E-state index < -0.39 is 18.1 Å². The summed E-state index contributed by atoms with van der Waals surface area (Å²) in [6, 6.07) is 0. The molecule has 0 saturated heterocycles. The highest BCUT2D eigenvalue weighted by molar-refractivity contribution is 5.85. The van der Waals surface area contributed by atoms with E-state index >= 15 is 0 Å². The van der Waals surface area contributed by atoms with Gasteiger partial charge in [0.25, 0.3) is 0 Å². The highest BCUT2D eigenvalue weighted by Gasteiger charge is 2.30. The highest BCUT2D eigenvalue weighted by atomic mass is 19.4. The summed E-state index contributed by atoms with van der Waals surface area (Å²) in [5, 5.41) is 11.6. The van der Waals surface area contributed by atoms with E-state index in [9.17, 15) is 13.2 Å². The highest BCUT2D eigenvalue weighted by Crippen LogP contribution is 2.24. The predicted molar refractivity (Wildman–Crippen MR) is 73.8 cm³/mol. The van der Waals surface area contributed by atoms with Crippen LogP contribution in [0, 0.1) is 5.41 Å². The molecule has 0 aromatic rings. The van der Waals surface area contributed by atoms with Gasteiger partial charge in [0, 0.05) is 5.41 Å². The van der Waals surface area contributed by atoms with Crippen LogP contribution >= 0.6 is 0 Å². The summed E-state index contributed by atoms with van der Waals surface area (Å²) in [6.07, 6.45) is -1.37. The number of rotatable bonds is 9. The minimum absolute atomic E-state index is 0.151. The van der Waals surface area contributed by atoms with Gasteiger partial charge in [0.2, 0.25) is 0 Å². The molecule has 7 heteroatoms. The zero-order chi connectivity index (χ0) is 15.8. The van der Waals surface area contributed by atoms with Crippen molar-refractivity contribution < 1.29 is 18.4 Å². The van der Waals surface area contributed by atoms with Gasteiger partial charge in [0.1, 0.15) is 5.84 Å². The van der Waals surface area contributed by atoms with Crippen LogP contribution in [-0.4, -0.2) is 41.8 Å². The Balaban J connectivity index is 4.13. The molecule has 0 aromatic carbocycles. The van der Waals surface area contributed by atoms with E-state index in [0.717, 1.165) is 6.42 Å². The molecule has 0 amide bonds. The Labute approximate surface area is 118 Å². The molecule has 0 spiro atoms. The number of amidine groups is 1. The number of nitrogens with zero attached hydrogens (tertiary/aromatic N) is 2. The zero-order valence-corrected chi connectivity index (χ0v) is 12.5. The molecule has 0 fully saturated rings. The lowest BCUT2D eigenvalue weighted by molar-refractivity contribution is -0.146. The van der Waals surface area contributed by atoms with Gasteiger partial charge in [0.15, 0.2) is 0 Å². The molecule has 0 aliphatic heterocycles. The van der Waals surface area contributed by atoms with Crippen LogP contribution in [0.4, 0.5) is 13.2 Å². The lowest BCUT2D eigenvalue weighted by atomic mass is 9.86. The Kier molecular flexibility index (Phi) is 7.93. The van der Waals surface area contributed by atoms with Crippen LogP contribution in [0.2, 0.25) is 0 Å². The number of oxime groups is 1. The molecule has 0 radical (unpaired) electrons. The molecule has 120 valence electrons. The number of unbranched alkanes of at least 4 members (excludes halogenated alkanes) is 1. The van der Waals surface area contributed by atoms with Crippen LogP contribution in [0.3, 0.4) is 0 Å². The van der Waals surface area contributed by atoms with Crippen molar-refractivity contribution in [3.05, 3.63) is 0 Å². The first-order valence-corrected chi connectivity index (χ1v) is 6.89. The minimum Gasteiger partial charge on any atom is -0.409 e. The summed E-state index contributed by atoms with van der Waals surface area (Å²) in [4.78, 5) is 1.43. The minimum atomic E-state index is -4.15. The second-order valence-electron chi connectivity index (χ2n) is 5.72. The third kappa shape index (κ3) is 8.24. The lowest BCUT2D eigenvalue weighted by Crippen LogP contribution is -2.36. The van der Waals surface area contributed by atoms with E-state index in [1.165, 1.54) is 4.90 Å². The summed E-state index contributed by atoms with van der Waals surface area (Å²) < 4.78 is 37.1. The van der Waals surface area contributed by atoms with Crippen molar-refractivity contribution in [1.82, 2.24) is 4.90 Å². The maximum absolute atomic E-state index is 12.4. The second-order valence-corrected chi connectivity index (χ2v) is 5.72. The molecule has 4 nitrogen and oxygen atoms in total. The monoisotopic (exact) mass is 297 g/mol. The van der Waals surface area contributed by atoms with Crippen molar-refractivity contribution in [2.45, 2.75) is 52.6 Å². The van der Waals surface area contributed by atoms with Crippen LogP contribution in [0.1, 0.15) is 46.5 Å². The van der Waals surface area contributed by atoms with Gasteiger partial charge in [-0.1, -0.05) is 32.3 Å². The Bertz CT molecular complexity index is 304. The Morgan fingerprint density at radius 3 is 2.25 bits per heavy atom. The maximum Gasteiger partial charge on any atom is 0.401 e. The van der Waals surface area contributed by atoms with Crippen LogP contribution in [0.5, 0.6) is 0 Å². The average molecular weight is 297 g/mol. The van der Waals surface area contributed by atoms with E-state index in [0.29, 0.717) is 32.4 Å². The topological polar surface area (TPSA) is 61.8 Å². The fourth-order valence-electron chi connectivity index (χ4n) is 2.01. The first-order valence-electron chi connectivity index (χ1n) is 6.89. The van der Waals surface area contributed by atoms with Crippen molar-refractivity contribution in [2.24, 2.45) is 16.3 Å². The van der Waals surface area contributed by atoms with Crippen LogP contribution < -0.4 is 5.73 Å². The van der Waals surface area contributed by atoms with E-state index in [2.05, 4.69) is 5.16 Å². The molecule has 0 heterocycles. The molecule has 0 atom stereocenters. The third-order valence-electron chi connectivity index (χ3n) is 3.27. The molecular weight excluding hydrogens is 271 g/mol. The molecular formula is C13H26F3N3O. The molecule has 0 bridgehead atoms. The van der Waals surface area contributed by atoms with Crippen molar-refractivity contribution in [3.8, 4) is 0 Å². The quantitative estimate of drug-likeness (QED) is 0.226. The van der Waals surface area contributed by atoms with E-state index in [-0.39, 0.29) is 5.84 Å². The molecule has 3 N–H and O–H groups in total. The normalized spacial score (nSPS) is 14.1. The van der Waals surface area contributed by atoms with Gasteiger partial charge in [-0.2, -0.15) is 13.2 Å². The van der Waals surface area contributed by atoms with Crippen molar-refractivity contribution in [2.75, 3.05) is 19.6 Å². The maximum atomic E-state index is 12.4. The second kappa shape index (κ2) is 8.34. The summed E-state index contributed by atoms with van der Waals surface area (Å²) in [5.41, 5.74) is 5.13. The molecule has 0 rings (SSSR count). The van der Waals surface area contributed by atoms with E-state index in [4.69, 9.17) is 10.9 Å². The molecule has 0 aromatic heterocycles. The average Bonchev–Trinajstić information content (AvgIpc) is 2.31. The van der Waals surface area contributed by atoms with Gasteiger partial charge in [-0.05, 0) is 32.4 Å². The van der Waals surface area contributed by atoms with Crippen molar-refractivity contribution >= 4 is 5.84 Å². The molecule has 0 aliphatic rings. The van der Waals surface area contributed by atoms with Gasteiger partial charge < -0.3 is 10.9 Å². The van der Waals surface area contributed by atoms with Gasteiger partial charge in [-0.15, -0.1) is 0 Å². The summed E-state index contributed by atoms with van der Waals surface area (Å²) in [5.74, 6) is 0.151. The third-order valence-corrected chi connectivity index (χ3v) is 3.27. The van der Waals surface area contributed by atoms with Crippen molar-refractivity contribution in [1.29, 1.82) is 0 Å². The van der Waals surface area contributed by atoms with Gasteiger partial charge >= 0.3 is 6.18 Å². The predicted octanol–water partition coefficient (Wildman–Crippen LogP) is 3.20. The first-order chi connectivity index (χ1) is 9.12. The van der Waals surface area contributed by atoms with Gasteiger partial charge in [-0.25, -0.2) is 0 Å². The Morgan fingerprint density at radius 1 is 1.20 bits per heavy atom. The fourth-order valence-corrected chi connectivity index (χ4v) is 2.01. The van der Waals surface area contributed by atoms with Crippen LogP contribution in [-0.2, 0) is 0 Å². The summed E-state index contributed by atoms with van der Waals surface area (Å²) in [7, 11) is 0. The summed E-state index contributed by atoms with van der Waals surface area (Å²) in [6.45, 7) is 5.57. The van der Waals surface area contributed by atoms with Crippen LogP contribution in [0.15, 0.2) is 5.16 Å². The first kappa shape index (κ1) is 19.0. The number of halogens is 3. The zero-order valence-electron chi connectivity index (χ0n) is 12.5. The Morgan fingerprint density at radius 2 is 1.80 bits per heavy atom. The van der Waals surface area contributed by atoms with Crippen molar-refractivity contribution in [3.63, 3.8) is 0 Å². The number of nitrogens with two attached hydrogens (primary N) is 1. The molecule has 20 heavy (non-hydrogen) atoms. The SMILES string of the molecule is CCCN(CCCCC(C)(C)C(N)=NO)CC(F)(F)F. The van der Waals surface area contributed by atoms with Crippen LogP contribution in [0.25, 0.3) is 0 Å². The molecule has 0 unspecified atom stereocenters.